The molecule has 0 aliphatic carbocycles. The fourth-order valence-corrected chi connectivity index (χ4v) is 3.33. The van der Waals surface area contributed by atoms with Gasteiger partial charge >= 0.3 is 0 Å². The Hall–Kier alpha value is -3.61. The minimum Gasteiger partial charge on any atom is -0.490 e. The predicted octanol–water partition coefficient (Wildman–Crippen LogP) is 2.48. The molecule has 3 heterocycles. The van der Waals surface area contributed by atoms with Crippen LogP contribution < -0.4 is 15.2 Å². The zero-order valence-electron chi connectivity index (χ0n) is 14.5. The highest BCUT2D eigenvalue weighted by atomic mass is 16.5. The highest BCUT2D eigenvalue weighted by Crippen LogP contribution is 2.31. The van der Waals surface area contributed by atoms with E-state index in [1.54, 1.807) is 6.07 Å². The van der Waals surface area contributed by atoms with Gasteiger partial charge < -0.3 is 14.6 Å². The van der Waals surface area contributed by atoms with Crippen molar-refractivity contribution in [3.05, 3.63) is 76.7 Å². The van der Waals surface area contributed by atoms with Gasteiger partial charge in [0.1, 0.15) is 12.4 Å². The van der Waals surface area contributed by atoms with Crippen LogP contribution in [-0.4, -0.2) is 32.7 Å². The molecule has 5 rings (SSSR count). The number of rotatable bonds is 3. The lowest BCUT2D eigenvalue weighted by atomic mass is 10.2. The number of para-hydroxylation sites is 2. The van der Waals surface area contributed by atoms with Crippen LogP contribution in [0.25, 0.3) is 17.2 Å². The molecule has 134 valence electrons. The third kappa shape index (κ3) is 2.83. The third-order valence-electron chi connectivity index (χ3n) is 4.60. The number of H-pyrrole nitrogens is 1. The molecule has 0 bridgehead atoms. The standard InChI is InChI=1S/C20H17N5O2/c26-18-12-15(13-24-10-11-27-17-9-5-4-8-16(17)24)21-20-22-19(23-25(18)20)14-6-2-1-3-7-14/h1-9,12H,10-11,13H2,(H,21,22,23). The van der Waals surface area contributed by atoms with Crippen LogP contribution in [0.1, 0.15) is 5.69 Å². The zero-order valence-corrected chi connectivity index (χ0v) is 14.5. The van der Waals surface area contributed by atoms with Gasteiger partial charge in [-0.15, -0.1) is 5.10 Å². The number of hydrogen-bond acceptors (Lipinski definition) is 5. The molecule has 2 aromatic carbocycles. The second-order valence-corrected chi connectivity index (χ2v) is 6.41. The number of benzene rings is 2. The number of aromatic nitrogens is 4. The molecule has 0 unspecified atom stereocenters. The fraction of sp³-hybridized carbons (Fsp3) is 0.150. The highest BCUT2D eigenvalue weighted by Gasteiger charge is 2.18. The maximum absolute atomic E-state index is 12.5. The number of fused-ring (bicyclic) bond motifs is 2. The van der Waals surface area contributed by atoms with Gasteiger partial charge in [0, 0.05) is 17.3 Å². The molecule has 2 aromatic heterocycles. The lowest BCUT2D eigenvalue weighted by Gasteiger charge is -2.31. The first-order valence-electron chi connectivity index (χ1n) is 8.79. The van der Waals surface area contributed by atoms with E-state index >= 15 is 0 Å². The topological polar surface area (TPSA) is 75.5 Å². The van der Waals surface area contributed by atoms with E-state index in [4.69, 9.17) is 4.74 Å². The zero-order chi connectivity index (χ0) is 18.2. The van der Waals surface area contributed by atoms with Crippen molar-refractivity contribution < 1.29 is 4.74 Å². The Morgan fingerprint density at radius 3 is 2.78 bits per heavy atom. The largest absolute Gasteiger partial charge is 0.490 e. The van der Waals surface area contributed by atoms with Gasteiger partial charge in [-0.3, -0.25) is 4.79 Å². The Kier molecular flexibility index (Phi) is 3.64. The van der Waals surface area contributed by atoms with Gasteiger partial charge in [-0.1, -0.05) is 42.5 Å². The monoisotopic (exact) mass is 359 g/mol. The molecule has 0 saturated heterocycles. The third-order valence-corrected chi connectivity index (χ3v) is 4.60. The average molecular weight is 359 g/mol. The Morgan fingerprint density at radius 1 is 1.07 bits per heavy atom. The molecule has 1 aliphatic rings. The molecule has 7 nitrogen and oxygen atoms in total. The Morgan fingerprint density at radius 2 is 1.89 bits per heavy atom. The van der Waals surface area contributed by atoms with Gasteiger partial charge in [-0.25, -0.2) is 0 Å². The van der Waals surface area contributed by atoms with Crippen molar-refractivity contribution in [2.45, 2.75) is 6.54 Å². The van der Waals surface area contributed by atoms with Crippen LogP contribution in [-0.2, 0) is 6.54 Å². The number of ether oxygens (including phenoxy) is 1. The Labute approximate surface area is 154 Å². The van der Waals surface area contributed by atoms with Crippen LogP contribution in [0, 0.1) is 0 Å². The summed E-state index contributed by atoms with van der Waals surface area (Å²) in [6.45, 7) is 1.94. The van der Waals surface area contributed by atoms with Crippen molar-refractivity contribution >= 4 is 11.5 Å². The van der Waals surface area contributed by atoms with E-state index in [9.17, 15) is 4.79 Å². The van der Waals surface area contributed by atoms with E-state index in [1.807, 2.05) is 54.6 Å². The van der Waals surface area contributed by atoms with E-state index in [1.165, 1.54) is 4.52 Å². The summed E-state index contributed by atoms with van der Waals surface area (Å²) < 4.78 is 7.00. The SMILES string of the molecule is O=c1cc(CN2CCOc3ccccc32)[nH]c2nc(-c3ccccc3)nn12. The van der Waals surface area contributed by atoms with Gasteiger partial charge in [0.15, 0.2) is 5.82 Å². The van der Waals surface area contributed by atoms with Crippen molar-refractivity contribution in [3.63, 3.8) is 0 Å². The molecule has 1 N–H and O–H groups in total. The summed E-state index contributed by atoms with van der Waals surface area (Å²) in [5.41, 5.74) is 2.49. The first-order chi connectivity index (χ1) is 13.3. The van der Waals surface area contributed by atoms with E-state index in [0.717, 1.165) is 29.2 Å². The fourth-order valence-electron chi connectivity index (χ4n) is 3.33. The maximum atomic E-state index is 12.5. The summed E-state index contributed by atoms with van der Waals surface area (Å²) in [5, 5.41) is 4.33. The summed E-state index contributed by atoms with van der Waals surface area (Å²) in [6, 6.07) is 19.1. The first kappa shape index (κ1) is 15.6. The summed E-state index contributed by atoms with van der Waals surface area (Å²) >= 11 is 0. The van der Waals surface area contributed by atoms with Crippen LogP contribution >= 0.6 is 0 Å². The van der Waals surface area contributed by atoms with E-state index < -0.39 is 0 Å². The molecule has 4 aromatic rings. The minimum absolute atomic E-state index is 0.199. The Bertz CT molecular complexity index is 1170. The van der Waals surface area contributed by atoms with Gasteiger partial charge in [0.05, 0.1) is 18.8 Å². The van der Waals surface area contributed by atoms with Gasteiger partial charge in [0.2, 0.25) is 5.78 Å². The average Bonchev–Trinajstić information content (AvgIpc) is 3.14. The van der Waals surface area contributed by atoms with Gasteiger partial charge in [-0.05, 0) is 12.1 Å². The molecule has 0 radical (unpaired) electrons. The molecular formula is C20H17N5O2. The maximum Gasteiger partial charge on any atom is 0.275 e. The molecule has 27 heavy (non-hydrogen) atoms. The van der Waals surface area contributed by atoms with Crippen LogP contribution in [0.2, 0.25) is 0 Å². The number of nitrogens with one attached hydrogen (secondary N) is 1. The quantitative estimate of drug-likeness (QED) is 0.608. The minimum atomic E-state index is -0.199. The van der Waals surface area contributed by atoms with Crippen molar-refractivity contribution in [3.8, 4) is 17.1 Å². The van der Waals surface area contributed by atoms with Gasteiger partial charge in [0.25, 0.3) is 5.56 Å². The van der Waals surface area contributed by atoms with Gasteiger partial charge in [-0.2, -0.15) is 9.50 Å². The molecular weight excluding hydrogens is 342 g/mol. The summed E-state index contributed by atoms with van der Waals surface area (Å²) in [6.07, 6.45) is 0. The lowest BCUT2D eigenvalue weighted by Crippen LogP contribution is -2.33. The van der Waals surface area contributed by atoms with E-state index in [2.05, 4.69) is 20.0 Å². The molecule has 0 saturated carbocycles. The second-order valence-electron chi connectivity index (χ2n) is 6.41. The van der Waals surface area contributed by atoms with Crippen LogP contribution in [0.5, 0.6) is 5.75 Å². The van der Waals surface area contributed by atoms with Crippen molar-refractivity contribution in [1.82, 2.24) is 19.6 Å². The Balaban J connectivity index is 1.51. The highest BCUT2D eigenvalue weighted by molar-refractivity contribution is 5.60. The molecule has 1 aliphatic heterocycles. The molecule has 7 heteroatoms. The van der Waals surface area contributed by atoms with Crippen LogP contribution in [0.4, 0.5) is 5.69 Å². The number of hydrogen-bond donors (Lipinski definition) is 1. The predicted molar refractivity (Wildman–Crippen MR) is 102 cm³/mol. The normalized spacial score (nSPS) is 13.4. The summed E-state index contributed by atoms with van der Waals surface area (Å²) in [5.74, 6) is 1.83. The van der Waals surface area contributed by atoms with Crippen molar-refractivity contribution in [2.24, 2.45) is 0 Å². The second kappa shape index (κ2) is 6.28. The van der Waals surface area contributed by atoms with Crippen molar-refractivity contribution in [2.75, 3.05) is 18.1 Å². The number of aromatic amines is 1. The molecule has 0 atom stereocenters. The number of nitrogens with zero attached hydrogens (tertiary/aromatic N) is 4. The summed E-state index contributed by atoms with van der Waals surface area (Å²) in [4.78, 5) is 22.5. The first-order valence-corrected chi connectivity index (χ1v) is 8.79. The van der Waals surface area contributed by atoms with E-state index in [0.29, 0.717) is 24.8 Å². The van der Waals surface area contributed by atoms with Crippen molar-refractivity contribution in [1.29, 1.82) is 0 Å². The van der Waals surface area contributed by atoms with Crippen LogP contribution in [0.3, 0.4) is 0 Å². The molecule has 0 spiro atoms. The van der Waals surface area contributed by atoms with E-state index in [-0.39, 0.29) is 5.56 Å². The summed E-state index contributed by atoms with van der Waals surface area (Å²) in [7, 11) is 0. The smallest absolute Gasteiger partial charge is 0.275 e. The molecule has 0 fully saturated rings. The molecule has 0 amide bonds. The van der Waals surface area contributed by atoms with Crippen LogP contribution in [0.15, 0.2) is 65.5 Å². The number of anilines is 1. The lowest BCUT2D eigenvalue weighted by molar-refractivity contribution is 0.306.